The molecule has 1 atom stereocenters. The van der Waals surface area contributed by atoms with Crippen LogP contribution in [0.2, 0.25) is 0 Å². The van der Waals surface area contributed by atoms with Crippen LogP contribution in [-0.2, 0) is 5.75 Å². The van der Waals surface area contributed by atoms with Crippen molar-refractivity contribution in [2.24, 2.45) is 0 Å². The number of carbonyl (C=O) groups excluding carboxylic acids is 1. The van der Waals surface area contributed by atoms with Crippen molar-refractivity contribution in [3.8, 4) is 5.75 Å². The Morgan fingerprint density at radius 2 is 1.65 bits per heavy atom. The van der Waals surface area contributed by atoms with Crippen LogP contribution in [0.3, 0.4) is 0 Å². The van der Waals surface area contributed by atoms with Gasteiger partial charge in [-0.05, 0) is 48.7 Å². The van der Waals surface area contributed by atoms with Gasteiger partial charge in [-0.25, -0.2) is 0 Å². The molecule has 3 aromatic rings. The largest absolute Gasteiger partial charge is 0.487 e. The average Bonchev–Trinajstić information content (AvgIpc) is 2.83. The summed E-state index contributed by atoms with van der Waals surface area (Å²) in [5.74, 6) is 1.73. The molecule has 1 heterocycles. The third-order valence-corrected chi connectivity index (χ3v) is 7.24. The number of hydrogen-bond acceptors (Lipinski definition) is 3. The first-order chi connectivity index (χ1) is 15.1. The predicted octanol–water partition coefficient (Wildman–Crippen LogP) is 6.79. The van der Waals surface area contributed by atoms with E-state index in [1.54, 1.807) is 11.8 Å². The van der Waals surface area contributed by atoms with Crippen LogP contribution in [0, 0.1) is 0 Å². The third kappa shape index (κ3) is 4.96. The van der Waals surface area contributed by atoms with Crippen molar-refractivity contribution in [2.75, 3.05) is 0 Å². The molecule has 0 fully saturated rings. The lowest BCUT2D eigenvalue weighted by molar-refractivity contribution is 0.0227. The standard InChI is InChI=1S/C27H29NO2S/c1-3-27(4-2)18-24(23-12-8-9-13-25(23)30-27)28-26(29)21-16-14-20(15-17-21)19-31-22-10-6-5-7-11-22/h5-17,24H,3-4,18-19H2,1-2H3,(H,28,29)/t24-/m1/s1. The summed E-state index contributed by atoms with van der Waals surface area (Å²) in [7, 11) is 0. The number of rotatable bonds is 7. The monoisotopic (exact) mass is 431 g/mol. The van der Waals surface area contributed by atoms with E-state index in [0.717, 1.165) is 36.3 Å². The number of nitrogens with one attached hydrogen (secondary N) is 1. The molecule has 3 aromatic carbocycles. The van der Waals surface area contributed by atoms with Gasteiger partial charge in [-0.3, -0.25) is 4.79 Å². The van der Waals surface area contributed by atoms with Gasteiger partial charge in [0, 0.05) is 28.2 Å². The molecule has 4 heteroatoms. The van der Waals surface area contributed by atoms with Crippen LogP contribution >= 0.6 is 11.8 Å². The van der Waals surface area contributed by atoms with Crippen molar-refractivity contribution in [3.05, 3.63) is 95.6 Å². The van der Waals surface area contributed by atoms with E-state index in [9.17, 15) is 4.79 Å². The molecule has 1 aliphatic heterocycles. The number of amides is 1. The molecule has 160 valence electrons. The van der Waals surface area contributed by atoms with E-state index in [1.165, 1.54) is 10.5 Å². The Morgan fingerprint density at radius 3 is 2.35 bits per heavy atom. The van der Waals surface area contributed by atoms with Gasteiger partial charge in [-0.15, -0.1) is 11.8 Å². The lowest BCUT2D eigenvalue weighted by atomic mass is 9.83. The fourth-order valence-electron chi connectivity index (χ4n) is 4.11. The van der Waals surface area contributed by atoms with E-state index >= 15 is 0 Å². The van der Waals surface area contributed by atoms with Gasteiger partial charge in [-0.1, -0.05) is 62.4 Å². The SMILES string of the molecule is CCC1(CC)C[C@@H](NC(=O)c2ccc(CSc3ccccc3)cc2)c2ccccc2O1. The quantitative estimate of drug-likeness (QED) is 0.419. The molecule has 0 aliphatic carbocycles. The Bertz CT molecular complexity index is 1010. The Labute approximate surface area is 189 Å². The van der Waals surface area contributed by atoms with E-state index in [4.69, 9.17) is 4.74 Å². The average molecular weight is 432 g/mol. The molecule has 0 saturated carbocycles. The van der Waals surface area contributed by atoms with E-state index in [-0.39, 0.29) is 17.6 Å². The smallest absolute Gasteiger partial charge is 0.251 e. The lowest BCUT2D eigenvalue weighted by Gasteiger charge is -2.41. The van der Waals surface area contributed by atoms with Gasteiger partial charge in [0.25, 0.3) is 5.91 Å². The number of para-hydroxylation sites is 1. The van der Waals surface area contributed by atoms with Gasteiger partial charge in [0.1, 0.15) is 11.4 Å². The maximum atomic E-state index is 13.0. The number of benzene rings is 3. The molecule has 4 rings (SSSR count). The minimum absolute atomic E-state index is 0.0370. The van der Waals surface area contributed by atoms with E-state index in [1.807, 2.05) is 48.5 Å². The van der Waals surface area contributed by atoms with Crippen LogP contribution in [0.25, 0.3) is 0 Å². The summed E-state index contributed by atoms with van der Waals surface area (Å²) in [5.41, 5.74) is 2.73. The van der Waals surface area contributed by atoms with Crippen LogP contribution in [0.1, 0.15) is 60.6 Å². The van der Waals surface area contributed by atoms with Crippen molar-refractivity contribution in [3.63, 3.8) is 0 Å². The molecule has 0 saturated heterocycles. The molecule has 0 aromatic heterocycles. The molecule has 1 aliphatic rings. The number of hydrogen-bond donors (Lipinski definition) is 1. The van der Waals surface area contributed by atoms with Gasteiger partial charge in [0.05, 0.1) is 6.04 Å². The lowest BCUT2D eigenvalue weighted by Crippen LogP contribution is -2.44. The van der Waals surface area contributed by atoms with Crippen molar-refractivity contribution in [2.45, 2.75) is 55.4 Å². The van der Waals surface area contributed by atoms with Crippen molar-refractivity contribution in [1.29, 1.82) is 0 Å². The molecule has 1 amide bonds. The van der Waals surface area contributed by atoms with Crippen LogP contribution in [0.4, 0.5) is 0 Å². The first-order valence-corrected chi connectivity index (χ1v) is 12.0. The highest BCUT2D eigenvalue weighted by Crippen LogP contribution is 2.42. The molecule has 3 nitrogen and oxygen atoms in total. The molecule has 31 heavy (non-hydrogen) atoms. The fourth-order valence-corrected chi connectivity index (χ4v) is 4.98. The second-order valence-corrected chi connectivity index (χ2v) is 9.11. The van der Waals surface area contributed by atoms with Crippen LogP contribution in [0.5, 0.6) is 5.75 Å². The molecule has 0 radical (unpaired) electrons. The maximum Gasteiger partial charge on any atom is 0.251 e. The summed E-state index contributed by atoms with van der Waals surface area (Å²) in [6, 6.07) is 26.3. The highest BCUT2D eigenvalue weighted by molar-refractivity contribution is 7.98. The number of ether oxygens (including phenoxy) is 1. The highest BCUT2D eigenvalue weighted by atomic mass is 32.2. The highest BCUT2D eigenvalue weighted by Gasteiger charge is 2.38. The molecule has 1 N–H and O–H groups in total. The Kier molecular flexibility index (Phi) is 6.67. The molecule has 0 unspecified atom stereocenters. The molecular weight excluding hydrogens is 402 g/mol. The fraction of sp³-hybridized carbons (Fsp3) is 0.296. The predicted molar refractivity (Wildman–Crippen MR) is 128 cm³/mol. The second kappa shape index (κ2) is 9.61. The minimum atomic E-state index is -0.231. The number of thioether (sulfide) groups is 1. The zero-order valence-corrected chi connectivity index (χ0v) is 19.0. The summed E-state index contributed by atoms with van der Waals surface area (Å²) >= 11 is 1.80. The third-order valence-electron chi connectivity index (χ3n) is 6.16. The Balaban J connectivity index is 1.45. The summed E-state index contributed by atoms with van der Waals surface area (Å²) in [5, 5.41) is 3.27. The van der Waals surface area contributed by atoms with E-state index in [2.05, 4.69) is 49.5 Å². The van der Waals surface area contributed by atoms with Crippen molar-refractivity contribution in [1.82, 2.24) is 5.32 Å². The van der Waals surface area contributed by atoms with Crippen LogP contribution in [-0.4, -0.2) is 11.5 Å². The summed E-state index contributed by atoms with van der Waals surface area (Å²) in [6.45, 7) is 4.31. The summed E-state index contributed by atoms with van der Waals surface area (Å²) < 4.78 is 6.36. The normalized spacial score (nSPS) is 16.8. The number of carbonyl (C=O) groups is 1. The number of fused-ring (bicyclic) bond motifs is 1. The Hall–Kier alpha value is -2.72. The first-order valence-electron chi connectivity index (χ1n) is 11.0. The zero-order valence-electron chi connectivity index (χ0n) is 18.1. The van der Waals surface area contributed by atoms with Crippen LogP contribution < -0.4 is 10.1 Å². The van der Waals surface area contributed by atoms with Crippen molar-refractivity contribution < 1.29 is 9.53 Å². The van der Waals surface area contributed by atoms with Gasteiger partial charge < -0.3 is 10.1 Å². The van der Waals surface area contributed by atoms with E-state index in [0.29, 0.717) is 5.56 Å². The maximum absolute atomic E-state index is 13.0. The van der Waals surface area contributed by atoms with Gasteiger partial charge in [0.2, 0.25) is 0 Å². The summed E-state index contributed by atoms with van der Waals surface area (Å²) in [6.07, 6.45) is 2.62. The van der Waals surface area contributed by atoms with E-state index < -0.39 is 0 Å². The zero-order chi connectivity index (χ0) is 21.7. The first kappa shape index (κ1) is 21.5. The Morgan fingerprint density at radius 1 is 0.968 bits per heavy atom. The molecule has 0 spiro atoms. The minimum Gasteiger partial charge on any atom is -0.487 e. The van der Waals surface area contributed by atoms with Crippen molar-refractivity contribution >= 4 is 17.7 Å². The topological polar surface area (TPSA) is 38.3 Å². The van der Waals surface area contributed by atoms with Crippen LogP contribution in [0.15, 0.2) is 83.8 Å². The molecular formula is C27H29NO2S. The van der Waals surface area contributed by atoms with Gasteiger partial charge >= 0.3 is 0 Å². The summed E-state index contributed by atoms with van der Waals surface area (Å²) in [4.78, 5) is 14.3. The van der Waals surface area contributed by atoms with Gasteiger partial charge in [0.15, 0.2) is 0 Å². The van der Waals surface area contributed by atoms with Gasteiger partial charge in [-0.2, -0.15) is 0 Å². The molecule has 0 bridgehead atoms. The second-order valence-electron chi connectivity index (χ2n) is 8.06.